The average molecular weight is 544 g/mol. The monoisotopic (exact) mass is 543 g/mol. The Bertz CT molecular complexity index is 1470. The maximum Gasteiger partial charge on any atom is 0.307 e. The standard InChI is InChI=1S/C30H29N3O5S/c1-30(18-27(34)33-29-31-13-14-39-29)24-17-26(25(37-2)16-22(24)11-12-32-30)38-23-9-7-21(8-10-23)20-5-3-19(4-6-20)15-28(35)36/h3-10,13-14,16-17,32H,11-12,15,18H2,1-2H3,(H,35,36)(H,31,33,34). The third-order valence-corrected chi connectivity index (χ3v) is 7.50. The molecule has 39 heavy (non-hydrogen) atoms. The van der Waals surface area contributed by atoms with E-state index >= 15 is 0 Å². The average Bonchev–Trinajstić information content (AvgIpc) is 3.42. The van der Waals surface area contributed by atoms with Crippen molar-refractivity contribution in [2.45, 2.75) is 31.7 Å². The number of thiazole rings is 1. The van der Waals surface area contributed by atoms with Gasteiger partial charge in [0, 0.05) is 30.1 Å². The van der Waals surface area contributed by atoms with E-state index in [1.165, 1.54) is 11.3 Å². The largest absolute Gasteiger partial charge is 0.493 e. The van der Waals surface area contributed by atoms with Crippen molar-refractivity contribution in [2.75, 3.05) is 19.0 Å². The Labute approximate surface area is 230 Å². The fraction of sp³-hybridized carbons (Fsp3) is 0.233. The van der Waals surface area contributed by atoms with Crippen LogP contribution in [0.1, 0.15) is 30.0 Å². The summed E-state index contributed by atoms with van der Waals surface area (Å²) in [6.07, 6.45) is 2.72. The molecule has 2 heterocycles. The van der Waals surface area contributed by atoms with Crippen molar-refractivity contribution in [1.82, 2.24) is 10.3 Å². The molecule has 8 nitrogen and oxygen atoms in total. The summed E-state index contributed by atoms with van der Waals surface area (Å²) in [5, 5.41) is 17.8. The number of carbonyl (C=O) groups excluding carboxylic acids is 1. The first-order valence-corrected chi connectivity index (χ1v) is 13.5. The van der Waals surface area contributed by atoms with Gasteiger partial charge in [-0.2, -0.15) is 0 Å². The molecule has 4 aromatic rings. The van der Waals surface area contributed by atoms with Crippen LogP contribution in [0.15, 0.2) is 72.2 Å². The Morgan fingerprint density at radius 1 is 1.08 bits per heavy atom. The maximum absolute atomic E-state index is 12.8. The number of hydrogen-bond donors (Lipinski definition) is 3. The van der Waals surface area contributed by atoms with E-state index in [0.29, 0.717) is 22.4 Å². The zero-order valence-electron chi connectivity index (χ0n) is 21.7. The van der Waals surface area contributed by atoms with Gasteiger partial charge in [-0.1, -0.05) is 36.4 Å². The molecule has 1 aliphatic rings. The molecule has 1 atom stereocenters. The molecule has 1 aromatic heterocycles. The number of carboxylic acids is 1. The molecule has 0 bridgehead atoms. The van der Waals surface area contributed by atoms with Gasteiger partial charge in [0.05, 0.1) is 13.5 Å². The summed E-state index contributed by atoms with van der Waals surface area (Å²) < 4.78 is 11.9. The Balaban J connectivity index is 1.36. The number of aliphatic carboxylic acids is 1. The summed E-state index contributed by atoms with van der Waals surface area (Å²) in [5.74, 6) is 0.877. The van der Waals surface area contributed by atoms with Crippen LogP contribution < -0.4 is 20.1 Å². The maximum atomic E-state index is 12.8. The molecular formula is C30H29N3O5S. The van der Waals surface area contributed by atoms with Crippen LogP contribution in [0.25, 0.3) is 11.1 Å². The second-order valence-electron chi connectivity index (χ2n) is 9.63. The second-order valence-corrected chi connectivity index (χ2v) is 10.5. The van der Waals surface area contributed by atoms with Crippen LogP contribution in [0.4, 0.5) is 5.13 Å². The van der Waals surface area contributed by atoms with E-state index in [0.717, 1.165) is 40.8 Å². The molecule has 1 amide bonds. The molecule has 0 aliphatic carbocycles. The third-order valence-electron chi connectivity index (χ3n) is 6.81. The van der Waals surface area contributed by atoms with E-state index in [-0.39, 0.29) is 18.7 Å². The minimum Gasteiger partial charge on any atom is -0.493 e. The van der Waals surface area contributed by atoms with Gasteiger partial charge in [-0.15, -0.1) is 11.3 Å². The lowest BCUT2D eigenvalue weighted by Gasteiger charge is -2.37. The van der Waals surface area contributed by atoms with Crippen molar-refractivity contribution < 1.29 is 24.2 Å². The highest BCUT2D eigenvalue weighted by Gasteiger charge is 2.35. The number of nitrogens with one attached hydrogen (secondary N) is 2. The van der Waals surface area contributed by atoms with E-state index in [2.05, 4.69) is 15.6 Å². The van der Waals surface area contributed by atoms with Crippen LogP contribution in [-0.2, 0) is 28.0 Å². The van der Waals surface area contributed by atoms with Crippen molar-refractivity contribution in [3.05, 3.63) is 88.9 Å². The van der Waals surface area contributed by atoms with E-state index in [4.69, 9.17) is 14.6 Å². The summed E-state index contributed by atoms with van der Waals surface area (Å²) >= 11 is 1.39. The SMILES string of the molecule is COc1cc2c(cc1Oc1ccc(-c3ccc(CC(=O)O)cc3)cc1)C(C)(CC(=O)Nc1nccs1)NCC2. The summed E-state index contributed by atoms with van der Waals surface area (Å²) in [7, 11) is 1.62. The Morgan fingerprint density at radius 3 is 2.44 bits per heavy atom. The molecule has 0 saturated heterocycles. The lowest BCUT2D eigenvalue weighted by Crippen LogP contribution is -2.47. The fourth-order valence-electron chi connectivity index (χ4n) is 4.89. The molecule has 0 spiro atoms. The zero-order chi connectivity index (χ0) is 27.4. The van der Waals surface area contributed by atoms with Crippen molar-refractivity contribution in [1.29, 1.82) is 0 Å². The number of benzene rings is 3. The number of aromatic nitrogens is 1. The normalized spacial score (nSPS) is 16.3. The van der Waals surface area contributed by atoms with Crippen LogP contribution in [0.3, 0.4) is 0 Å². The Kier molecular flexibility index (Phi) is 7.63. The van der Waals surface area contributed by atoms with Crippen LogP contribution in [0.5, 0.6) is 17.2 Å². The number of amides is 1. The van der Waals surface area contributed by atoms with Crippen molar-refractivity contribution in [3.8, 4) is 28.4 Å². The number of carbonyl (C=O) groups is 2. The molecule has 9 heteroatoms. The Morgan fingerprint density at radius 2 is 1.79 bits per heavy atom. The number of anilines is 1. The van der Waals surface area contributed by atoms with Crippen molar-refractivity contribution >= 4 is 28.3 Å². The molecule has 3 N–H and O–H groups in total. The van der Waals surface area contributed by atoms with E-state index in [1.54, 1.807) is 13.3 Å². The minimum absolute atomic E-state index is 0.000743. The van der Waals surface area contributed by atoms with Gasteiger partial charge < -0.3 is 25.2 Å². The van der Waals surface area contributed by atoms with E-state index in [9.17, 15) is 9.59 Å². The topological polar surface area (TPSA) is 110 Å². The van der Waals surface area contributed by atoms with Gasteiger partial charge >= 0.3 is 5.97 Å². The Hall–Kier alpha value is -4.21. The smallest absolute Gasteiger partial charge is 0.307 e. The molecule has 1 unspecified atom stereocenters. The summed E-state index contributed by atoms with van der Waals surface area (Å²) in [6, 6.07) is 19.1. The molecule has 0 radical (unpaired) electrons. The lowest BCUT2D eigenvalue weighted by molar-refractivity contribution is -0.136. The summed E-state index contributed by atoms with van der Waals surface area (Å²) in [4.78, 5) is 27.9. The van der Waals surface area contributed by atoms with Crippen LogP contribution in [0, 0.1) is 0 Å². The van der Waals surface area contributed by atoms with E-state index < -0.39 is 11.5 Å². The molecule has 1 aliphatic heterocycles. The predicted octanol–water partition coefficient (Wildman–Crippen LogP) is 5.63. The number of rotatable bonds is 9. The molecule has 200 valence electrons. The van der Waals surface area contributed by atoms with E-state index in [1.807, 2.05) is 73.0 Å². The number of methoxy groups -OCH3 is 1. The van der Waals surface area contributed by atoms with Gasteiger partial charge in [-0.05, 0) is 65.4 Å². The van der Waals surface area contributed by atoms with Gasteiger partial charge in [-0.25, -0.2) is 4.98 Å². The molecule has 3 aromatic carbocycles. The van der Waals surface area contributed by atoms with Gasteiger partial charge in [-0.3, -0.25) is 9.59 Å². The zero-order valence-corrected chi connectivity index (χ0v) is 22.5. The van der Waals surface area contributed by atoms with Gasteiger partial charge in [0.15, 0.2) is 16.6 Å². The highest BCUT2D eigenvalue weighted by atomic mass is 32.1. The molecule has 0 fully saturated rings. The number of carboxylic acid groups (broad SMARTS) is 1. The van der Waals surface area contributed by atoms with Crippen LogP contribution in [-0.4, -0.2) is 35.6 Å². The van der Waals surface area contributed by atoms with Crippen LogP contribution >= 0.6 is 11.3 Å². The van der Waals surface area contributed by atoms with Gasteiger partial charge in [0.25, 0.3) is 0 Å². The third kappa shape index (κ3) is 6.10. The first kappa shape index (κ1) is 26.4. The predicted molar refractivity (Wildman–Crippen MR) is 151 cm³/mol. The number of ether oxygens (including phenoxy) is 2. The highest BCUT2D eigenvalue weighted by Crippen LogP contribution is 2.41. The van der Waals surface area contributed by atoms with Crippen molar-refractivity contribution in [2.24, 2.45) is 0 Å². The van der Waals surface area contributed by atoms with Gasteiger partial charge in [0.2, 0.25) is 5.91 Å². The highest BCUT2D eigenvalue weighted by molar-refractivity contribution is 7.13. The summed E-state index contributed by atoms with van der Waals surface area (Å²) in [5.41, 5.74) is 4.26. The molecular weight excluding hydrogens is 514 g/mol. The van der Waals surface area contributed by atoms with Crippen molar-refractivity contribution in [3.63, 3.8) is 0 Å². The van der Waals surface area contributed by atoms with Gasteiger partial charge in [0.1, 0.15) is 5.75 Å². The number of nitrogens with zero attached hydrogens (tertiary/aromatic N) is 1. The first-order valence-electron chi connectivity index (χ1n) is 12.6. The molecule has 5 rings (SSSR count). The number of hydrogen-bond acceptors (Lipinski definition) is 7. The molecule has 0 saturated carbocycles. The number of fused-ring (bicyclic) bond motifs is 1. The summed E-state index contributed by atoms with van der Waals surface area (Å²) in [6.45, 7) is 2.77. The quantitative estimate of drug-likeness (QED) is 0.251. The minimum atomic E-state index is -0.850. The fourth-order valence-corrected chi connectivity index (χ4v) is 5.43. The van der Waals surface area contributed by atoms with Crippen LogP contribution in [0.2, 0.25) is 0 Å². The lowest BCUT2D eigenvalue weighted by atomic mass is 9.81. The second kappa shape index (κ2) is 11.3. The first-order chi connectivity index (χ1) is 18.8.